The molecule has 0 aliphatic heterocycles. The number of nitrogens with zero attached hydrogens (tertiary/aromatic N) is 3. The molecule has 3 nitrogen and oxygen atoms in total. The molecule has 1 aliphatic rings. The lowest BCUT2D eigenvalue weighted by Crippen LogP contribution is -2.28. The summed E-state index contributed by atoms with van der Waals surface area (Å²) in [5.74, 6) is 0.694. The van der Waals surface area contributed by atoms with Crippen molar-refractivity contribution >= 4 is 21.7 Å². The lowest BCUT2D eigenvalue weighted by molar-refractivity contribution is 0.769. The lowest BCUT2D eigenvalue weighted by atomic mass is 9.67. The maximum atomic E-state index is 5.45. The summed E-state index contributed by atoms with van der Waals surface area (Å²) in [6.45, 7) is 0. The molecule has 0 bridgehead atoms. The lowest BCUT2D eigenvalue weighted by Gasteiger charge is -2.34. The molecule has 0 amide bonds. The molecule has 3 heteroatoms. The molecule has 294 valence electrons. The van der Waals surface area contributed by atoms with Gasteiger partial charge in [0.05, 0.1) is 28.0 Å². The molecule has 11 aromatic rings. The van der Waals surface area contributed by atoms with Crippen molar-refractivity contribution in [3.63, 3.8) is 0 Å². The first-order valence-corrected chi connectivity index (χ1v) is 21.5. The van der Waals surface area contributed by atoms with Gasteiger partial charge in [0.2, 0.25) is 0 Å². The Morgan fingerprint density at radius 1 is 0.317 bits per heavy atom. The van der Waals surface area contributed by atoms with E-state index in [0.29, 0.717) is 5.82 Å². The van der Waals surface area contributed by atoms with Crippen molar-refractivity contribution in [3.05, 3.63) is 259 Å². The average Bonchev–Trinajstić information content (AvgIpc) is 3.68. The summed E-state index contributed by atoms with van der Waals surface area (Å²) in [7, 11) is 0. The van der Waals surface area contributed by atoms with Crippen LogP contribution < -0.4 is 0 Å². The summed E-state index contributed by atoms with van der Waals surface area (Å²) in [5, 5.41) is 3.52. The Morgan fingerprint density at radius 3 is 1.52 bits per heavy atom. The Morgan fingerprint density at radius 2 is 0.857 bits per heavy atom. The highest BCUT2D eigenvalue weighted by Gasteiger charge is 2.46. The highest BCUT2D eigenvalue weighted by Crippen LogP contribution is 2.58. The monoisotopic (exact) mass is 801 g/mol. The van der Waals surface area contributed by atoms with Gasteiger partial charge in [0.1, 0.15) is 0 Å². The van der Waals surface area contributed by atoms with E-state index in [2.05, 4.69) is 200 Å². The van der Waals surface area contributed by atoms with Crippen LogP contribution in [0, 0.1) is 0 Å². The first kappa shape index (κ1) is 36.6. The minimum atomic E-state index is -0.490. The molecule has 63 heavy (non-hydrogen) atoms. The van der Waals surface area contributed by atoms with Gasteiger partial charge in [-0.2, -0.15) is 0 Å². The Bertz CT molecular complexity index is 3380. The quantitative estimate of drug-likeness (QED) is 0.151. The minimum absolute atomic E-state index is 0.490. The number of para-hydroxylation sites is 1. The van der Waals surface area contributed by atoms with Gasteiger partial charge in [0.15, 0.2) is 5.82 Å². The van der Waals surface area contributed by atoms with Crippen LogP contribution in [0.5, 0.6) is 0 Å². The topological polar surface area (TPSA) is 38.7 Å². The third kappa shape index (κ3) is 6.01. The van der Waals surface area contributed by atoms with Gasteiger partial charge in [0.25, 0.3) is 0 Å². The fraction of sp³-hybridized carbons (Fsp3) is 0.0167. The normalized spacial score (nSPS) is 12.6. The molecule has 0 saturated heterocycles. The number of hydrogen-bond donors (Lipinski definition) is 0. The number of aromatic nitrogens is 3. The van der Waals surface area contributed by atoms with Gasteiger partial charge >= 0.3 is 0 Å². The zero-order chi connectivity index (χ0) is 41.7. The van der Waals surface area contributed by atoms with Gasteiger partial charge in [-0.15, -0.1) is 0 Å². The van der Waals surface area contributed by atoms with E-state index in [4.69, 9.17) is 15.0 Å². The largest absolute Gasteiger partial charge is 0.247 e. The van der Waals surface area contributed by atoms with Crippen LogP contribution in [0.15, 0.2) is 237 Å². The van der Waals surface area contributed by atoms with E-state index in [0.717, 1.165) is 66.8 Å². The Hall–Kier alpha value is -8.27. The summed E-state index contributed by atoms with van der Waals surface area (Å²) >= 11 is 0. The van der Waals surface area contributed by atoms with Crippen LogP contribution in [-0.2, 0) is 5.41 Å². The molecule has 0 saturated carbocycles. The molecule has 0 atom stereocenters. The van der Waals surface area contributed by atoms with Gasteiger partial charge < -0.3 is 0 Å². The predicted molar refractivity (Wildman–Crippen MR) is 259 cm³/mol. The standard InChI is InChI=1S/C60H39N3/c1-5-18-41(19-6-1)54-39-55(42-20-7-2-8-21-42)63-59(62-54)43-34-32-40(33-35-43)44-22-17-23-45(38-44)58-50-36-37-52-57(56(50)49-29-14-16-31-53(49)61-58)48-28-13-15-30-51(48)60(52,46-24-9-3-10-25-46)47-26-11-4-12-27-47/h1-39H. The Kier molecular flexibility index (Phi) is 8.72. The van der Waals surface area contributed by atoms with Crippen molar-refractivity contribution in [1.82, 2.24) is 15.0 Å². The first-order chi connectivity index (χ1) is 31.2. The van der Waals surface area contributed by atoms with Gasteiger partial charge in [-0.3, -0.25) is 0 Å². The molecule has 0 spiro atoms. The molecule has 0 N–H and O–H groups in total. The zero-order valence-electron chi connectivity index (χ0n) is 34.4. The van der Waals surface area contributed by atoms with Crippen LogP contribution in [0.3, 0.4) is 0 Å². The smallest absolute Gasteiger partial charge is 0.160 e. The van der Waals surface area contributed by atoms with E-state index >= 15 is 0 Å². The third-order valence-electron chi connectivity index (χ3n) is 12.8. The van der Waals surface area contributed by atoms with Crippen LogP contribution in [-0.4, -0.2) is 15.0 Å². The number of pyridine rings is 1. The maximum Gasteiger partial charge on any atom is 0.160 e. The Labute approximate surface area is 366 Å². The number of rotatable bonds is 7. The summed E-state index contributed by atoms with van der Waals surface area (Å²) in [6, 6.07) is 84.5. The summed E-state index contributed by atoms with van der Waals surface area (Å²) in [5.41, 5.74) is 17.3. The molecule has 0 radical (unpaired) electrons. The van der Waals surface area contributed by atoms with Crippen LogP contribution in [0.2, 0.25) is 0 Å². The fourth-order valence-electron chi connectivity index (χ4n) is 9.94. The SMILES string of the molecule is c1ccc(-c2cc(-c3ccccc3)nc(-c3ccc(-c4cccc(-c5nc6ccccc6c6c7c(ccc56)C(c5ccccc5)(c5ccccc5)c5ccccc5-7)c4)cc3)n2)cc1. The van der Waals surface area contributed by atoms with Gasteiger partial charge in [0, 0.05) is 38.4 Å². The van der Waals surface area contributed by atoms with Crippen LogP contribution in [0.4, 0.5) is 0 Å². The molecule has 0 unspecified atom stereocenters. The number of hydrogen-bond acceptors (Lipinski definition) is 3. The number of fused-ring (bicyclic) bond motifs is 7. The highest BCUT2D eigenvalue weighted by molar-refractivity contribution is 6.19. The molecule has 12 rings (SSSR count). The van der Waals surface area contributed by atoms with Gasteiger partial charge in [-0.25, -0.2) is 15.0 Å². The molecule has 1 aliphatic carbocycles. The van der Waals surface area contributed by atoms with E-state index < -0.39 is 5.41 Å². The molecule has 2 heterocycles. The number of benzene rings is 9. The zero-order valence-corrected chi connectivity index (χ0v) is 34.4. The molecule has 9 aromatic carbocycles. The van der Waals surface area contributed by atoms with Gasteiger partial charge in [-0.1, -0.05) is 218 Å². The van der Waals surface area contributed by atoms with E-state index in [9.17, 15) is 0 Å². The van der Waals surface area contributed by atoms with Crippen molar-refractivity contribution in [1.29, 1.82) is 0 Å². The minimum Gasteiger partial charge on any atom is -0.247 e. The molecule has 2 aromatic heterocycles. The maximum absolute atomic E-state index is 5.45. The second kappa shape index (κ2) is 15.0. The summed E-state index contributed by atoms with van der Waals surface area (Å²) < 4.78 is 0. The second-order valence-electron chi connectivity index (χ2n) is 16.3. The van der Waals surface area contributed by atoms with Crippen LogP contribution in [0.1, 0.15) is 22.3 Å². The van der Waals surface area contributed by atoms with Crippen molar-refractivity contribution in [2.24, 2.45) is 0 Å². The second-order valence-corrected chi connectivity index (χ2v) is 16.3. The van der Waals surface area contributed by atoms with Crippen LogP contribution in [0.25, 0.3) is 89.1 Å². The van der Waals surface area contributed by atoms with E-state index in [1.54, 1.807) is 0 Å². The van der Waals surface area contributed by atoms with Crippen LogP contribution >= 0.6 is 0 Å². The van der Waals surface area contributed by atoms with E-state index in [1.807, 2.05) is 36.4 Å². The van der Waals surface area contributed by atoms with Gasteiger partial charge in [-0.05, 0) is 62.7 Å². The van der Waals surface area contributed by atoms with Crippen molar-refractivity contribution < 1.29 is 0 Å². The molecular formula is C60H39N3. The summed E-state index contributed by atoms with van der Waals surface area (Å²) in [4.78, 5) is 15.6. The predicted octanol–water partition coefficient (Wildman–Crippen LogP) is 14.9. The highest BCUT2D eigenvalue weighted by atomic mass is 14.9. The van der Waals surface area contributed by atoms with Crippen molar-refractivity contribution in [3.8, 4) is 67.4 Å². The fourth-order valence-corrected chi connectivity index (χ4v) is 9.94. The first-order valence-electron chi connectivity index (χ1n) is 21.5. The molecule has 0 fully saturated rings. The Balaban J connectivity index is 1.00. The van der Waals surface area contributed by atoms with E-state index in [-0.39, 0.29) is 0 Å². The van der Waals surface area contributed by atoms with E-state index in [1.165, 1.54) is 38.8 Å². The third-order valence-corrected chi connectivity index (χ3v) is 12.8. The average molecular weight is 802 g/mol. The van der Waals surface area contributed by atoms with Crippen molar-refractivity contribution in [2.45, 2.75) is 5.41 Å². The van der Waals surface area contributed by atoms with Crippen molar-refractivity contribution in [2.75, 3.05) is 0 Å². The summed E-state index contributed by atoms with van der Waals surface area (Å²) in [6.07, 6.45) is 0. The molecular weight excluding hydrogens is 763 g/mol.